The number of hydrogen-bond donors (Lipinski definition) is 4. The van der Waals surface area contributed by atoms with Gasteiger partial charge < -0.3 is 0 Å². The van der Waals surface area contributed by atoms with E-state index >= 15 is 0 Å². The Balaban J connectivity index is 1.46. The van der Waals surface area contributed by atoms with Crippen LogP contribution in [0.4, 0.5) is 17.1 Å². The van der Waals surface area contributed by atoms with Crippen LogP contribution in [0.2, 0.25) is 0 Å². The smallest absolute Gasteiger partial charge is 0.261 e. The molecule has 0 atom stereocenters. The molecule has 11 nitrogen and oxygen atoms in total. The van der Waals surface area contributed by atoms with Crippen molar-refractivity contribution in [2.75, 3.05) is 21.5 Å². The lowest BCUT2D eigenvalue weighted by Gasteiger charge is -2.12. The van der Waals surface area contributed by atoms with Crippen molar-refractivity contribution in [3.05, 3.63) is 78.4 Å². The van der Waals surface area contributed by atoms with Crippen LogP contribution in [0.25, 0.3) is 0 Å². The van der Waals surface area contributed by atoms with Gasteiger partial charge in [-0.2, -0.15) is 0 Å². The van der Waals surface area contributed by atoms with Crippen LogP contribution in [0.3, 0.4) is 0 Å². The average Bonchev–Trinajstić information content (AvgIpc) is 3.03. The third-order valence-corrected chi connectivity index (χ3v) is 9.67. The highest BCUT2D eigenvalue weighted by Gasteiger charge is 2.18. The molecule has 246 valence electrons. The summed E-state index contributed by atoms with van der Waals surface area (Å²) in [5.74, 6) is 0. The third kappa shape index (κ3) is 13.1. The molecule has 3 aromatic carbocycles. The first-order valence-electron chi connectivity index (χ1n) is 15.3. The fourth-order valence-corrected chi connectivity index (χ4v) is 6.73. The SMILES string of the molecule is CCCCCCCCCCCCOOCc1cccc(S(=O)(=O)Nc2cccc(S(=O)(=O)Nc3ccc(NNC=O)cc3)c2)c1. The van der Waals surface area contributed by atoms with Gasteiger partial charge in [-0.25, -0.2) is 26.6 Å². The molecule has 1 amide bonds. The molecule has 0 heterocycles. The first-order valence-corrected chi connectivity index (χ1v) is 18.2. The number of rotatable bonds is 23. The molecule has 0 radical (unpaired) electrons. The number of amides is 1. The van der Waals surface area contributed by atoms with E-state index in [4.69, 9.17) is 9.78 Å². The van der Waals surface area contributed by atoms with Crippen molar-refractivity contribution >= 4 is 43.5 Å². The van der Waals surface area contributed by atoms with Crippen molar-refractivity contribution in [3.63, 3.8) is 0 Å². The number of benzene rings is 3. The monoisotopic (exact) mass is 660 g/mol. The molecule has 0 saturated carbocycles. The minimum Gasteiger partial charge on any atom is -0.299 e. The van der Waals surface area contributed by atoms with E-state index in [1.165, 1.54) is 99.9 Å². The maximum Gasteiger partial charge on any atom is 0.261 e. The quantitative estimate of drug-likeness (QED) is 0.0378. The Morgan fingerprint density at radius 2 is 1.18 bits per heavy atom. The zero-order valence-corrected chi connectivity index (χ0v) is 27.3. The molecule has 0 fully saturated rings. The van der Waals surface area contributed by atoms with E-state index in [1.54, 1.807) is 24.3 Å². The van der Waals surface area contributed by atoms with Crippen LogP contribution in [0.5, 0.6) is 0 Å². The molecular weight excluding hydrogens is 617 g/mol. The standard InChI is InChI=1S/C32H44N4O7S2/c1-2-3-4-5-6-7-8-9-10-11-22-42-43-25-27-14-12-16-31(23-27)44(38,39)36-30-15-13-17-32(24-30)45(40,41)35-29-20-18-28(19-21-29)34-33-26-37/h12-21,23-24,26,34-36H,2-11,22,25H2,1H3,(H,33,37). The lowest BCUT2D eigenvalue weighted by Crippen LogP contribution is -2.19. The summed E-state index contributed by atoms with van der Waals surface area (Å²) >= 11 is 0. The molecule has 3 rings (SSSR count). The number of hydrogen-bond acceptors (Lipinski definition) is 8. The molecule has 0 aliphatic heterocycles. The Bertz CT molecular complexity index is 1530. The number of hydrazine groups is 1. The summed E-state index contributed by atoms with van der Waals surface area (Å²) in [4.78, 5) is 20.9. The first-order chi connectivity index (χ1) is 21.7. The van der Waals surface area contributed by atoms with Gasteiger partial charge in [0, 0.05) is 5.69 Å². The van der Waals surface area contributed by atoms with Crippen molar-refractivity contribution in [2.24, 2.45) is 0 Å². The normalized spacial score (nSPS) is 11.6. The van der Waals surface area contributed by atoms with Gasteiger partial charge in [0.1, 0.15) is 6.61 Å². The van der Waals surface area contributed by atoms with E-state index in [-0.39, 0.29) is 27.8 Å². The molecule has 0 aromatic heterocycles. The number of sulfonamides is 2. The highest BCUT2D eigenvalue weighted by molar-refractivity contribution is 7.93. The van der Waals surface area contributed by atoms with E-state index in [2.05, 4.69) is 27.2 Å². The number of carbonyl (C=O) groups is 1. The van der Waals surface area contributed by atoms with Crippen LogP contribution in [0, 0.1) is 0 Å². The number of anilines is 3. The topological polar surface area (TPSA) is 152 Å². The first kappa shape index (κ1) is 35.8. The highest BCUT2D eigenvalue weighted by Crippen LogP contribution is 2.23. The second kappa shape index (κ2) is 19.0. The van der Waals surface area contributed by atoms with Gasteiger partial charge in [0.2, 0.25) is 6.41 Å². The molecule has 3 aromatic rings. The lowest BCUT2D eigenvalue weighted by atomic mass is 10.1. The zero-order valence-electron chi connectivity index (χ0n) is 25.7. The van der Waals surface area contributed by atoms with Gasteiger partial charge in [-0.3, -0.25) is 25.1 Å². The Labute approximate surface area is 267 Å². The predicted octanol–water partition coefficient (Wildman–Crippen LogP) is 6.73. The van der Waals surface area contributed by atoms with Gasteiger partial charge in [0.15, 0.2) is 0 Å². The van der Waals surface area contributed by atoms with E-state index < -0.39 is 20.0 Å². The minimum absolute atomic E-state index is 0.00227. The number of nitrogens with one attached hydrogen (secondary N) is 4. The maximum absolute atomic E-state index is 13.1. The molecule has 0 unspecified atom stereocenters. The van der Waals surface area contributed by atoms with Crippen LogP contribution in [-0.4, -0.2) is 29.9 Å². The third-order valence-electron chi connectivity index (χ3n) is 6.91. The summed E-state index contributed by atoms with van der Waals surface area (Å²) in [7, 11) is -8.05. The summed E-state index contributed by atoms with van der Waals surface area (Å²) in [6.45, 7) is 2.80. The summed E-state index contributed by atoms with van der Waals surface area (Å²) in [5, 5.41) is 0. The van der Waals surface area contributed by atoms with E-state index in [1.807, 2.05) is 0 Å². The highest BCUT2D eigenvalue weighted by atomic mass is 32.2. The Morgan fingerprint density at radius 1 is 0.622 bits per heavy atom. The zero-order chi connectivity index (χ0) is 32.4. The van der Waals surface area contributed by atoms with Crippen molar-refractivity contribution in [2.45, 2.75) is 87.5 Å². The average molecular weight is 661 g/mol. The minimum atomic E-state index is -4.03. The van der Waals surface area contributed by atoms with Crippen molar-refractivity contribution in [1.29, 1.82) is 0 Å². The summed E-state index contributed by atoms with van der Waals surface area (Å²) in [6.07, 6.45) is 12.8. The van der Waals surface area contributed by atoms with Crippen LogP contribution in [0.1, 0.15) is 76.7 Å². The van der Waals surface area contributed by atoms with Crippen LogP contribution in [-0.2, 0) is 41.2 Å². The van der Waals surface area contributed by atoms with Crippen LogP contribution in [0.15, 0.2) is 82.6 Å². The largest absolute Gasteiger partial charge is 0.299 e. The van der Waals surface area contributed by atoms with Gasteiger partial charge >= 0.3 is 0 Å². The van der Waals surface area contributed by atoms with Crippen molar-refractivity contribution < 1.29 is 31.4 Å². The van der Waals surface area contributed by atoms with Gasteiger partial charge in [-0.05, 0) is 66.6 Å². The lowest BCUT2D eigenvalue weighted by molar-refractivity contribution is -0.304. The second-order valence-corrected chi connectivity index (χ2v) is 14.0. The molecule has 0 bridgehead atoms. The second-order valence-electron chi connectivity index (χ2n) is 10.6. The summed E-state index contributed by atoms with van der Waals surface area (Å²) in [5.41, 5.74) is 6.43. The molecule has 45 heavy (non-hydrogen) atoms. The summed E-state index contributed by atoms with van der Waals surface area (Å²) < 4.78 is 57.1. The van der Waals surface area contributed by atoms with Gasteiger partial charge in [-0.1, -0.05) is 82.9 Å². The fourth-order valence-electron chi connectivity index (χ4n) is 4.51. The molecular formula is C32H44N4O7S2. The van der Waals surface area contributed by atoms with E-state index in [9.17, 15) is 21.6 Å². The van der Waals surface area contributed by atoms with E-state index in [0.29, 0.717) is 24.3 Å². The Kier molecular flexibility index (Phi) is 15.1. The van der Waals surface area contributed by atoms with Crippen LogP contribution >= 0.6 is 0 Å². The van der Waals surface area contributed by atoms with Crippen molar-refractivity contribution in [3.8, 4) is 0 Å². The fraction of sp³-hybridized carbons (Fsp3) is 0.406. The van der Waals surface area contributed by atoms with Crippen LogP contribution < -0.4 is 20.3 Å². The molecule has 13 heteroatoms. The molecule has 0 saturated heterocycles. The van der Waals surface area contributed by atoms with Gasteiger partial charge in [0.05, 0.1) is 27.8 Å². The molecule has 0 aliphatic carbocycles. The predicted molar refractivity (Wildman–Crippen MR) is 176 cm³/mol. The van der Waals surface area contributed by atoms with Gasteiger partial charge in [0.25, 0.3) is 20.0 Å². The molecule has 0 aliphatic rings. The van der Waals surface area contributed by atoms with Crippen molar-refractivity contribution in [1.82, 2.24) is 5.43 Å². The number of carbonyl (C=O) groups excluding carboxylic acids is 1. The van der Waals surface area contributed by atoms with E-state index in [0.717, 1.165) is 12.8 Å². The summed E-state index contributed by atoms with van der Waals surface area (Å²) in [6, 6.07) is 17.9. The Morgan fingerprint density at radius 3 is 1.82 bits per heavy atom. The maximum atomic E-state index is 13.1. The Hall–Kier alpha value is -3.65. The number of unbranched alkanes of at least 4 members (excludes halogenated alkanes) is 9. The van der Waals surface area contributed by atoms with Gasteiger partial charge in [-0.15, -0.1) is 0 Å². The molecule has 4 N–H and O–H groups in total. The molecule has 0 spiro atoms.